The predicted molar refractivity (Wildman–Crippen MR) is 81.4 cm³/mol. The largest absolute Gasteiger partial charge is 0.465 e. The van der Waals surface area contributed by atoms with Gasteiger partial charge in [-0.15, -0.1) is 0 Å². The zero-order valence-corrected chi connectivity index (χ0v) is 12.0. The summed E-state index contributed by atoms with van der Waals surface area (Å²) < 4.78 is 6.36. The average Bonchev–Trinajstić information content (AvgIpc) is 2.96. The van der Waals surface area contributed by atoms with Gasteiger partial charge in [0.25, 0.3) is 0 Å². The van der Waals surface area contributed by atoms with Crippen molar-refractivity contribution >= 4 is 29.0 Å². The topological polar surface area (TPSA) is 69.6 Å². The number of ether oxygens (including phenoxy) is 1. The van der Waals surface area contributed by atoms with Crippen molar-refractivity contribution in [3.8, 4) is 11.3 Å². The Balaban J connectivity index is 2.29. The van der Waals surface area contributed by atoms with Gasteiger partial charge in [-0.3, -0.25) is 4.40 Å². The smallest absolute Gasteiger partial charge is 0.341 e. The second-order valence-corrected chi connectivity index (χ2v) is 4.88. The molecule has 0 aliphatic carbocycles. The molecule has 0 bridgehead atoms. The summed E-state index contributed by atoms with van der Waals surface area (Å²) in [6, 6.07) is 11.1. The number of hydrogen-bond acceptors (Lipinski definition) is 4. The summed E-state index contributed by atoms with van der Waals surface area (Å²) in [6.45, 7) is 0. The minimum atomic E-state index is -0.507. The van der Waals surface area contributed by atoms with Crippen LogP contribution in [0.5, 0.6) is 0 Å². The lowest BCUT2D eigenvalue weighted by Gasteiger charge is -2.06. The second-order valence-electron chi connectivity index (χ2n) is 4.47. The lowest BCUT2D eigenvalue weighted by atomic mass is 10.2. The second kappa shape index (κ2) is 5.10. The molecule has 0 amide bonds. The van der Waals surface area contributed by atoms with Gasteiger partial charge in [0.1, 0.15) is 11.4 Å². The van der Waals surface area contributed by atoms with Gasteiger partial charge in [0, 0.05) is 11.8 Å². The number of nitrogens with zero attached hydrogens (tertiary/aromatic N) is 2. The number of nitrogens with two attached hydrogens (primary N) is 1. The number of imidazole rings is 1. The molecule has 0 spiro atoms. The first kappa shape index (κ1) is 13.5. The summed E-state index contributed by atoms with van der Waals surface area (Å²) in [4.78, 5) is 16.3. The summed E-state index contributed by atoms with van der Waals surface area (Å²) in [5.41, 5.74) is 8.28. The van der Waals surface area contributed by atoms with E-state index in [-0.39, 0.29) is 10.6 Å². The van der Waals surface area contributed by atoms with E-state index in [0.29, 0.717) is 17.2 Å². The van der Waals surface area contributed by atoms with E-state index in [0.717, 1.165) is 5.56 Å². The van der Waals surface area contributed by atoms with Gasteiger partial charge < -0.3 is 10.5 Å². The van der Waals surface area contributed by atoms with Crippen LogP contribution in [0.15, 0.2) is 42.6 Å². The third-order valence-electron chi connectivity index (χ3n) is 3.20. The standard InChI is InChI=1S/C15H12ClN3O2/c1-21-15(20)10-7-11(16)13(17)19-8-12(18-14(10)19)9-5-3-2-4-6-9/h2-8H,17H2,1H3. The quantitative estimate of drug-likeness (QED) is 0.739. The number of carbonyl (C=O) groups is 1. The lowest BCUT2D eigenvalue weighted by molar-refractivity contribution is 0.0602. The van der Waals surface area contributed by atoms with Crippen LogP contribution in [0.25, 0.3) is 16.9 Å². The number of aromatic nitrogens is 2. The molecule has 1 aromatic carbocycles. The average molecular weight is 302 g/mol. The molecule has 5 nitrogen and oxygen atoms in total. The van der Waals surface area contributed by atoms with Crippen LogP contribution in [-0.2, 0) is 4.74 Å². The summed E-state index contributed by atoms with van der Waals surface area (Å²) in [5.74, 6) is -0.180. The van der Waals surface area contributed by atoms with Crippen LogP contribution in [0.3, 0.4) is 0 Å². The van der Waals surface area contributed by atoms with Gasteiger partial charge >= 0.3 is 5.97 Å². The zero-order valence-electron chi connectivity index (χ0n) is 11.2. The highest BCUT2D eigenvalue weighted by Crippen LogP contribution is 2.28. The molecule has 0 aliphatic heterocycles. The fourth-order valence-corrected chi connectivity index (χ4v) is 2.34. The number of halogens is 1. The molecule has 0 aliphatic rings. The Hall–Kier alpha value is -2.53. The fraction of sp³-hybridized carbons (Fsp3) is 0.0667. The Bertz CT molecular complexity index is 828. The molecule has 0 fully saturated rings. The van der Waals surface area contributed by atoms with E-state index in [2.05, 4.69) is 4.98 Å². The van der Waals surface area contributed by atoms with Crippen LogP contribution in [0.2, 0.25) is 5.02 Å². The first-order valence-corrected chi connectivity index (χ1v) is 6.60. The number of esters is 1. The summed E-state index contributed by atoms with van der Waals surface area (Å²) >= 11 is 6.07. The van der Waals surface area contributed by atoms with E-state index in [9.17, 15) is 4.79 Å². The van der Waals surface area contributed by atoms with Crippen molar-refractivity contribution in [1.82, 2.24) is 9.38 Å². The van der Waals surface area contributed by atoms with Gasteiger partial charge in [0.05, 0.1) is 17.8 Å². The number of anilines is 1. The summed E-state index contributed by atoms with van der Waals surface area (Å²) in [6.07, 6.45) is 1.75. The highest BCUT2D eigenvalue weighted by molar-refractivity contribution is 6.33. The van der Waals surface area contributed by atoms with Gasteiger partial charge in [-0.05, 0) is 6.07 Å². The highest BCUT2D eigenvalue weighted by Gasteiger charge is 2.18. The molecular formula is C15H12ClN3O2. The molecule has 0 radical (unpaired) electrons. The van der Waals surface area contributed by atoms with Crippen LogP contribution in [-0.4, -0.2) is 22.5 Å². The molecule has 2 N–H and O–H groups in total. The van der Waals surface area contributed by atoms with Crippen LogP contribution in [0, 0.1) is 0 Å². The normalized spacial score (nSPS) is 10.8. The number of rotatable bonds is 2. The zero-order chi connectivity index (χ0) is 15.0. The Morgan fingerprint density at radius 3 is 2.71 bits per heavy atom. The molecule has 0 saturated heterocycles. The minimum absolute atomic E-state index is 0.277. The van der Waals surface area contributed by atoms with E-state index < -0.39 is 5.97 Å². The molecule has 2 heterocycles. The molecule has 0 unspecified atom stereocenters. The molecule has 3 aromatic rings. The minimum Gasteiger partial charge on any atom is -0.465 e. The Labute approximate surface area is 125 Å². The Morgan fingerprint density at radius 2 is 2.05 bits per heavy atom. The van der Waals surface area contributed by atoms with Gasteiger partial charge in [-0.1, -0.05) is 41.9 Å². The maximum Gasteiger partial charge on any atom is 0.341 e. The monoisotopic (exact) mass is 301 g/mol. The number of hydrogen-bond donors (Lipinski definition) is 1. The summed E-state index contributed by atoms with van der Waals surface area (Å²) in [5, 5.41) is 0.278. The Morgan fingerprint density at radius 1 is 1.33 bits per heavy atom. The van der Waals surface area contributed by atoms with Gasteiger partial charge in [0.15, 0.2) is 5.65 Å². The number of benzene rings is 1. The van der Waals surface area contributed by atoms with E-state index >= 15 is 0 Å². The first-order chi connectivity index (χ1) is 10.1. The van der Waals surface area contributed by atoms with Gasteiger partial charge in [0.2, 0.25) is 0 Å². The molecule has 0 atom stereocenters. The fourth-order valence-electron chi connectivity index (χ4n) is 2.14. The van der Waals surface area contributed by atoms with Gasteiger partial charge in [-0.2, -0.15) is 0 Å². The molecule has 6 heteroatoms. The SMILES string of the molecule is COC(=O)c1cc(Cl)c(N)n2cc(-c3ccccc3)nc12. The van der Waals surface area contributed by atoms with E-state index in [1.807, 2.05) is 30.3 Å². The predicted octanol–water partition coefficient (Wildman–Crippen LogP) is 3.02. The third-order valence-corrected chi connectivity index (χ3v) is 3.50. The maximum absolute atomic E-state index is 11.9. The van der Waals surface area contributed by atoms with E-state index in [4.69, 9.17) is 22.1 Å². The van der Waals surface area contributed by atoms with Crippen molar-refractivity contribution in [3.05, 3.63) is 53.2 Å². The number of pyridine rings is 1. The molecule has 21 heavy (non-hydrogen) atoms. The Kier molecular flexibility index (Phi) is 3.27. The maximum atomic E-state index is 11.9. The van der Waals surface area contributed by atoms with E-state index in [1.165, 1.54) is 13.2 Å². The van der Waals surface area contributed by atoms with Crippen molar-refractivity contribution in [2.45, 2.75) is 0 Å². The van der Waals surface area contributed by atoms with Crippen molar-refractivity contribution < 1.29 is 9.53 Å². The number of carbonyl (C=O) groups excluding carboxylic acids is 1. The summed E-state index contributed by atoms with van der Waals surface area (Å²) in [7, 11) is 1.31. The third kappa shape index (κ3) is 2.21. The number of fused-ring (bicyclic) bond motifs is 1. The van der Waals surface area contributed by atoms with Gasteiger partial charge in [-0.25, -0.2) is 9.78 Å². The number of nitrogen functional groups attached to an aromatic ring is 1. The van der Waals surface area contributed by atoms with Crippen LogP contribution < -0.4 is 5.73 Å². The highest BCUT2D eigenvalue weighted by atomic mass is 35.5. The molecule has 3 rings (SSSR count). The van der Waals surface area contributed by atoms with Crippen molar-refractivity contribution in [3.63, 3.8) is 0 Å². The van der Waals surface area contributed by atoms with Crippen molar-refractivity contribution in [2.75, 3.05) is 12.8 Å². The van der Waals surface area contributed by atoms with Crippen LogP contribution in [0.1, 0.15) is 10.4 Å². The first-order valence-electron chi connectivity index (χ1n) is 6.22. The van der Waals surface area contributed by atoms with Crippen molar-refractivity contribution in [2.24, 2.45) is 0 Å². The van der Waals surface area contributed by atoms with Crippen molar-refractivity contribution in [1.29, 1.82) is 0 Å². The van der Waals surface area contributed by atoms with E-state index in [1.54, 1.807) is 10.6 Å². The lowest BCUT2D eigenvalue weighted by Crippen LogP contribution is -2.07. The van der Waals surface area contributed by atoms with Crippen LogP contribution >= 0.6 is 11.6 Å². The van der Waals surface area contributed by atoms with Crippen LogP contribution in [0.4, 0.5) is 5.82 Å². The molecule has 0 saturated carbocycles. The molecule has 106 valence electrons. The number of methoxy groups -OCH3 is 1. The molecule has 2 aromatic heterocycles. The molecular weight excluding hydrogens is 290 g/mol.